The van der Waals surface area contributed by atoms with Crippen LogP contribution >= 0.6 is 0 Å². The largest absolute Gasteiger partial charge is 0.375 e. The molecule has 3 rings (SSSR count). The van der Waals surface area contributed by atoms with E-state index in [0.29, 0.717) is 25.3 Å². The first kappa shape index (κ1) is 19.6. The topological polar surface area (TPSA) is 75.2 Å². The van der Waals surface area contributed by atoms with E-state index >= 15 is 0 Å². The third-order valence-corrected chi connectivity index (χ3v) is 4.96. The molecule has 2 aliphatic rings. The number of guanidine groups is 1. The number of hydrogen-bond donors (Lipinski definition) is 2. The summed E-state index contributed by atoms with van der Waals surface area (Å²) >= 11 is 0. The monoisotopic (exact) mass is 374 g/mol. The fourth-order valence-electron chi connectivity index (χ4n) is 3.56. The Hall–Kier alpha value is -2.12. The molecule has 2 aliphatic heterocycles. The molecule has 1 aromatic rings. The van der Waals surface area contributed by atoms with Crippen LogP contribution < -0.4 is 10.6 Å². The third-order valence-electron chi connectivity index (χ3n) is 4.96. The van der Waals surface area contributed by atoms with Crippen molar-refractivity contribution in [2.45, 2.75) is 32.0 Å². The molecule has 1 aromatic carbocycles. The molecule has 2 atom stereocenters. The van der Waals surface area contributed by atoms with Gasteiger partial charge in [0.1, 0.15) is 6.10 Å². The summed E-state index contributed by atoms with van der Waals surface area (Å²) in [5, 5.41) is 6.28. The molecular formula is C20H30N4O3. The second-order valence-electron chi connectivity index (χ2n) is 7.01. The molecule has 0 bridgehead atoms. The number of ether oxygens (including phenoxy) is 2. The van der Waals surface area contributed by atoms with Crippen molar-refractivity contribution in [3.8, 4) is 0 Å². The van der Waals surface area contributed by atoms with Crippen molar-refractivity contribution in [1.82, 2.24) is 15.5 Å². The first-order valence-electron chi connectivity index (χ1n) is 9.71. The Morgan fingerprint density at radius 3 is 2.78 bits per heavy atom. The predicted octanol–water partition coefficient (Wildman–Crippen LogP) is 1.18. The zero-order valence-corrected chi connectivity index (χ0v) is 16.2. The van der Waals surface area contributed by atoms with E-state index in [1.165, 1.54) is 0 Å². The van der Waals surface area contributed by atoms with Gasteiger partial charge in [0.2, 0.25) is 0 Å². The predicted molar refractivity (Wildman–Crippen MR) is 105 cm³/mol. The van der Waals surface area contributed by atoms with Crippen LogP contribution in [-0.2, 0) is 9.47 Å². The molecule has 2 saturated heterocycles. The summed E-state index contributed by atoms with van der Waals surface area (Å²) in [6, 6.07) is 7.59. The van der Waals surface area contributed by atoms with Crippen LogP contribution in [0.1, 0.15) is 28.8 Å². The number of nitrogens with zero attached hydrogens (tertiary/aromatic N) is 2. The van der Waals surface area contributed by atoms with Crippen LogP contribution in [0.5, 0.6) is 0 Å². The first-order chi connectivity index (χ1) is 13.2. The summed E-state index contributed by atoms with van der Waals surface area (Å²) in [6.45, 7) is 6.22. The number of morpholine rings is 1. The van der Waals surface area contributed by atoms with Crippen molar-refractivity contribution in [2.24, 2.45) is 4.99 Å². The molecule has 2 fully saturated rings. The normalized spacial score (nSPS) is 23.3. The van der Waals surface area contributed by atoms with Crippen molar-refractivity contribution in [3.63, 3.8) is 0 Å². The van der Waals surface area contributed by atoms with Crippen LogP contribution in [0, 0.1) is 6.92 Å². The number of amides is 1. The molecule has 2 heterocycles. The first-order valence-corrected chi connectivity index (χ1v) is 9.71. The summed E-state index contributed by atoms with van der Waals surface area (Å²) < 4.78 is 11.7. The minimum atomic E-state index is -0.0553. The average molecular weight is 374 g/mol. The van der Waals surface area contributed by atoms with E-state index in [2.05, 4.69) is 20.5 Å². The molecular weight excluding hydrogens is 344 g/mol. The van der Waals surface area contributed by atoms with Crippen molar-refractivity contribution in [1.29, 1.82) is 0 Å². The maximum Gasteiger partial charge on any atom is 0.251 e. The SMILES string of the molecule is CN=C(NCCNC(=O)c1cccc(C)c1)N1CCOC(C2CCCO2)C1. The van der Waals surface area contributed by atoms with Crippen LogP contribution in [0.15, 0.2) is 29.3 Å². The summed E-state index contributed by atoms with van der Waals surface area (Å²) in [7, 11) is 1.78. The average Bonchev–Trinajstić information content (AvgIpc) is 3.23. The Bertz CT molecular complexity index is 658. The standard InChI is InChI=1S/C20H30N4O3/c1-15-5-3-6-16(13-15)19(25)22-8-9-23-20(21-2)24-10-12-27-18(14-24)17-7-4-11-26-17/h3,5-6,13,17-18H,4,7-12,14H2,1-2H3,(H,21,23)(H,22,25). The van der Waals surface area contributed by atoms with Crippen LogP contribution in [0.25, 0.3) is 0 Å². The Balaban J connectivity index is 1.43. The van der Waals surface area contributed by atoms with E-state index in [9.17, 15) is 4.79 Å². The second kappa shape index (κ2) is 9.71. The van der Waals surface area contributed by atoms with Crippen LogP contribution in [0.4, 0.5) is 0 Å². The van der Waals surface area contributed by atoms with Gasteiger partial charge in [-0.1, -0.05) is 17.7 Å². The van der Waals surface area contributed by atoms with E-state index in [4.69, 9.17) is 9.47 Å². The Morgan fingerprint density at radius 1 is 1.22 bits per heavy atom. The number of aliphatic imine (C=N–C) groups is 1. The number of aryl methyl sites for hydroxylation is 1. The Kier molecular flexibility index (Phi) is 7.06. The van der Waals surface area contributed by atoms with Gasteiger partial charge in [-0.05, 0) is 31.9 Å². The van der Waals surface area contributed by atoms with Crippen LogP contribution in [0.2, 0.25) is 0 Å². The maximum atomic E-state index is 12.2. The molecule has 7 nitrogen and oxygen atoms in total. The molecule has 0 aliphatic carbocycles. The van der Waals surface area contributed by atoms with Gasteiger partial charge in [-0.15, -0.1) is 0 Å². The minimum Gasteiger partial charge on any atom is -0.375 e. The van der Waals surface area contributed by atoms with Crippen molar-refractivity contribution in [2.75, 3.05) is 46.4 Å². The van der Waals surface area contributed by atoms with Gasteiger partial charge in [-0.2, -0.15) is 0 Å². The molecule has 2 N–H and O–H groups in total. The number of rotatable bonds is 5. The quantitative estimate of drug-likeness (QED) is 0.460. The lowest BCUT2D eigenvalue weighted by Gasteiger charge is -2.37. The number of nitrogens with one attached hydrogen (secondary N) is 2. The Morgan fingerprint density at radius 2 is 2.04 bits per heavy atom. The molecule has 1 amide bonds. The minimum absolute atomic E-state index is 0.0553. The van der Waals surface area contributed by atoms with E-state index < -0.39 is 0 Å². The highest BCUT2D eigenvalue weighted by molar-refractivity contribution is 5.94. The fourth-order valence-corrected chi connectivity index (χ4v) is 3.56. The summed E-state index contributed by atoms with van der Waals surface area (Å²) in [4.78, 5) is 18.8. The molecule has 7 heteroatoms. The lowest BCUT2D eigenvalue weighted by molar-refractivity contribution is -0.0816. The molecule has 0 saturated carbocycles. The van der Waals surface area contributed by atoms with Gasteiger partial charge in [0.25, 0.3) is 5.91 Å². The number of carbonyl (C=O) groups excluding carboxylic acids is 1. The molecule has 0 aromatic heterocycles. The molecule has 0 spiro atoms. The van der Waals surface area contributed by atoms with Crippen molar-refractivity contribution in [3.05, 3.63) is 35.4 Å². The van der Waals surface area contributed by atoms with Crippen LogP contribution in [0.3, 0.4) is 0 Å². The van der Waals surface area contributed by atoms with Crippen molar-refractivity contribution < 1.29 is 14.3 Å². The lowest BCUT2D eigenvalue weighted by Crippen LogP contribution is -2.54. The van der Waals surface area contributed by atoms with Gasteiger partial charge < -0.3 is 25.0 Å². The second-order valence-corrected chi connectivity index (χ2v) is 7.01. The van der Waals surface area contributed by atoms with Gasteiger partial charge in [0.15, 0.2) is 5.96 Å². The van der Waals surface area contributed by atoms with Gasteiger partial charge in [0, 0.05) is 45.4 Å². The molecule has 0 radical (unpaired) electrons. The number of carbonyl (C=O) groups is 1. The smallest absolute Gasteiger partial charge is 0.251 e. The van der Waals surface area contributed by atoms with E-state index in [1.54, 1.807) is 7.05 Å². The zero-order chi connectivity index (χ0) is 19.1. The highest BCUT2D eigenvalue weighted by atomic mass is 16.5. The lowest BCUT2D eigenvalue weighted by atomic mass is 10.1. The highest BCUT2D eigenvalue weighted by Crippen LogP contribution is 2.20. The Labute approximate surface area is 161 Å². The van der Waals surface area contributed by atoms with E-state index in [0.717, 1.165) is 44.1 Å². The fraction of sp³-hybridized carbons (Fsp3) is 0.600. The van der Waals surface area contributed by atoms with Crippen molar-refractivity contribution >= 4 is 11.9 Å². The van der Waals surface area contributed by atoms with Gasteiger partial charge in [-0.25, -0.2) is 0 Å². The number of benzene rings is 1. The van der Waals surface area contributed by atoms with Gasteiger partial charge in [-0.3, -0.25) is 9.79 Å². The van der Waals surface area contributed by atoms with Gasteiger partial charge >= 0.3 is 0 Å². The highest BCUT2D eigenvalue weighted by Gasteiger charge is 2.32. The number of hydrogen-bond acceptors (Lipinski definition) is 4. The van der Waals surface area contributed by atoms with E-state index in [1.807, 2.05) is 31.2 Å². The maximum absolute atomic E-state index is 12.2. The van der Waals surface area contributed by atoms with E-state index in [-0.39, 0.29) is 18.1 Å². The van der Waals surface area contributed by atoms with Gasteiger partial charge in [0.05, 0.1) is 12.7 Å². The summed E-state index contributed by atoms with van der Waals surface area (Å²) in [5.41, 5.74) is 1.77. The third kappa shape index (κ3) is 5.43. The summed E-state index contributed by atoms with van der Waals surface area (Å²) in [6.07, 6.45) is 2.47. The molecule has 2 unspecified atom stereocenters. The molecule has 148 valence electrons. The summed E-state index contributed by atoms with van der Waals surface area (Å²) in [5.74, 6) is 0.784. The zero-order valence-electron chi connectivity index (χ0n) is 16.2. The molecule has 27 heavy (non-hydrogen) atoms. The van der Waals surface area contributed by atoms with Crippen LogP contribution in [-0.4, -0.2) is 75.4 Å².